The van der Waals surface area contributed by atoms with Crippen molar-refractivity contribution >= 4 is 22.7 Å². The third-order valence-corrected chi connectivity index (χ3v) is 4.42. The first kappa shape index (κ1) is 17.3. The number of carbonyl (C=O) groups excluding carboxylic acids is 1. The third kappa shape index (κ3) is 3.18. The Bertz CT molecular complexity index is 848. The predicted octanol–water partition coefficient (Wildman–Crippen LogP) is 3.86. The summed E-state index contributed by atoms with van der Waals surface area (Å²) < 4.78 is 7.65. The summed E-state index contributed by atoms with van der Waals surface area (Å²) in [6.07, 6.45) is 0.367. The Morgan fingerprint density at radius 3 is 2.68 bits per heavy atom. The van der Waals surface area contributed by atoms with Crippen LogP contribution in [-0.2, 0) is 24.2 Å². The zero-order valence-corrected chi connectivity index (χ0v) is 15.0. The molecule has 2 aromatic rings. The van der Waals surface area contributed by atoms with Gasteiger partial charge in [0.1, 0.15) is 5.60 Å². The van der Waals surface area contributed by atoms with Gasteiger partial charge in [0.05, 0.1) is 11.5 Å². The van der Waals surface area contributed by atoms with E-state index >= 15 is 0 Å². The van der Waals surface area contributed by atoms with Gasteiger partial charge in [0.15, 0.2) is 0 Å². The number of non-ortho nitro benzene ring substituents is 1. The molecular formula is C18H23N3O4. The molecule has 0 radical (unpaired) electrons. The largest absolute Gasteiger partial charge is 0.444 e. The summed E-state index contributed by atoms with van der Waals surface area (Å²) in [6, 6.07) is 4.94. The van der Waals surface area contributed by atoms with Gasteiger partial charge in [-0.25, -0.2) is 4.79 Å². The van der Waals surface area contributed by atoms with Crippen LogP contribution < -0.4 is 0 Å². The van der Waals surface area contributed by atoms with Crippen molar-refractivity contribution in [2.75, 3.05) is 6.54 Å². The standard InChI is InChI=1S/C18H23N3O4/c1-5-20-15-7-6-12(21(23)24)10-13(15)14-11-19(9-8-16(14)20)17(22)25-18(2,3)4/h6-7,10H,5,8-9,11H2,1-4H3. The lowest BCUT2D eigenvalue weighted by Crippen LogP contribution is -2.40. The molecule has 0 saturated heterocycles. The SMILES string of the molecule is CCn1c2c(c3cc([N+](=O)[O-])ccc31)CN(C(=O)OC(C)(C)C)CC2. The Kier molecular flexibility index (Phi) is 4.18. The van der Waals surface area contributed by atoms with Crippen LogP contribution in [0.25, 0.3) is 10.9 Å². The molecule has 1 aliphatic heterocycles. The molecule has 1 aromatic carbocycles. The summed E-state index contributed by atoms with van der Waals surface area (Å²) in [4.78, 5) is 24.8. The van der Waals surface area contributed by atoms with Crippen LogP contribution in [-0.4, -0.2) is 32.6 Å². The highest BCUT2D eigenvalue weighted by molar-refractivity contribution is 5.88. The average molecular weight is 345 g/mol. The first-order valence-electron chi connectivity index (χ1n) is 8.47. The maximum Gasteiger partial charge on any atom is 0.410 e. The molecule has 0 bridgehead atoms. The molecule has 3 rings (SSSR count). The summed E-state index contributed by atoms with van der Waals surface area (Å²) in [5, 5.41) is 12.0. The molecule has 0 aliphatic carbocycles. The molecule has 0 unspecified atom stereocenters. The molecule has 0 atom stereocenters. The van der Waals surface area contributed by atoms with Gasteiger partial charge in [-0.15, -0.1) is 0 Å². The Hall–Kier alpha value is -2.57. The van der Waals surface area contributed by atoms with E-state index in [1.54, 1.807) is 17.0 Å². The zero-order valence-electron chi connectivity index (χ0n) is 15.0. The number of nitro benzene ring substituents is 1. The molecule has 2 heterocycles. The number of rotatable bonds is 2. The number of hydrogen-bond donors (Lipinski definition) is 0. The molecule has 0 fully saturated rings. The highest BCUT2D eigenvalue weighted by atomic mass is 16.6. The molecule has 0 saturated carbocycles. The summed E-state index contributed by atoms with van der Waals surface area (Å²) >= 11 is 0. The van der Waals surface area contributed by atoms with Crippen LogP contribution >= 0.6 is 0 Å². The van der Waals surface area contributed by atoms with Crippen molar-refractivity contribution in [3.63, 3.8) is 0 Å². The van der Waals surface area contributed by atoms with Crippen LogP contribution in [0.1, 0.15) is 39.0 Å². The number of nitro groups is 1. The number of carbonyl (C=O) groups is 1. The smallest absolute Gasteiger partial charge is 0.410 e. The first-order chi connectivity index (χ1) is 11.7. The Labute approximate surface area is 146 Å². The van der Waals surface area contributed by atoms with Gasteiger partial charge < -0.3 is 14.2 Å². The van der Waals surface area contributed by atoms with Crippen LogP contribution in [0.5, 0.6) is 0 Å². The van der Waals surface area contributed by atoms with E-state index in [0.717, 1.165) is 28.7 Å². The molecule has 7 heteroatoms. The number of aryl methyl sites for hydroxylation is 1. The highest BCUT2D eigenvalue weighted by Crippen LogP contribution is 2.33. The second kappa shape index (κ2) is 6.06. The number of amides is 1. The van der Waals surface area contributed by atoms with Crippen LogP contribution in [0.2, 0.25) is 0 Å². The van der Waals surface area contributed by atoms with E-state index in [1.807, 2.05) is 20.8 Å². The molecule has 1 aliphatic rings. The van der Waals surface area contributed by atoms with Crippen molar-refractivity contribution in [3.05, 3.63) is 39.6 Å². The van der Waals surface area contributed by atoms with Gasteiger partial charge in [0.25, 0.3) is 5.69 Å². The molecular weight excluding hydrogens is 322 g/mol. The summed E-state index contributed by atoms with van der Waals surface area (Å²) in [5.74, 6) is 0. The van der Waals surface area contributed by atoms with Crippen LogP contribution in [0.4, 0.5) is 10.5 Å². The van der Waals surface area contributed by atoms with E-state index in [1.165, 1.54) is 6.07 Å². The Morgan fingerprint density at radius 2 is 2.08 bits per heavy atom. The van der Waals surface area contributed by atoms with Gasteiger partial charge in [-0.2, -0.15) is 0 Å². The predicted molar refractivity (Wildman–Crippen MR) is 94.6 cm³/mol. The minimum atomic E-state index is -0.548. The van der Waals surface area contributed by atoms with Gasteiger partial charge in [-0.05, 0) is 33.8 Å². The monoisotopic (exact) mass is 345 g/mol. The molecule has 25 heavy (non-hydrogen) atoms. The minimum absolute atomic E-state index is 0.0675. The lowest BCUT2D eigenvalue weighted by molar-refractivity contribution is -0.384. The molecule has 1 amide bonds. The number of aromatic nitrogens is 1. The van der Waals surface area contributed by atoms with E-state index in [0.29, 0.717) is 19.5 Å². The van der Waals surface area contributed by atoms with Gasteiger partial charge in [0.2, 0.25) is 0 Å². The second-order valence-corrected chi connectivity index (χ2v) is 7.28. The number of fused-ring (bicyclic) bond motifs is 3. The van der Waals surface area contributed by atoms with Crippen molar-refractivity contribution in [2.45, 2.75) is 52.8 Å². The number of benzene rings is 1. The Balaban J connectivity index is 2.02. The van der Waals surface area contributed by atoms with Gasteiger partial charge in [-0.1, -0.05) is 0 Å². The fourth-order valence-electron chi connectivity index (χ4n) is 3.40. The van der Waals surface area contributed by atoms with E-state index < -0.39 is 5.60 Å². The second-order valence-electron chi connectivity index (χ2n) is 7.28. The maximum atomic E-state index is 12.4. The van der Waals surface area contributed by atoms with Crippen LogP contribution in [0, 0.1) is 10.1 Å². The highest BCUT2D eigenvalue weighted by Gasteiger charge is 2.29. The fraction of sp³-hybridized carbons (Fsp3) is 0.500. The molecule has 134 valence electrons. The molecule has 0 N–H and O–H groups in total. The summed E-state index contributed by atoms with van der Waals surface area (Å²) in [7, 11) is 0. The van der Waals surface area contributed by atoms with Crippen LogP contribution in [0.15, 0.2) is 18.2 Å². The van der Waals surface area contributed by atoms with Crippen molar-refractivity contribution in [1.82, 2.24) is 9.47 Å². The minimum Gasteiger partial charge on any atom is -0.444 e. The topological polar surface area (TPSA) is 77.6 Å². The first-order valence-corrected chi connectivity index (χ1v) is 8.47. The third-order valence-electron chi connectivity index (χ3n) is 4.42. The maximum absolute atomic E-state index is 12.4. The van der Waals surface area contributed by atoms with Gasteiger partial charge in [0, 0.05) is 53.8 Å². The number of ether oxygens (including phenoxy) is 1. The number of nitrogens with zero attached hydrogens (tertiary/aromatic N) is 3. The fourth-order valence-corrected chi connectivity index (χ4v) is 3.40. The Morgan fingerprint density at radius 1 is 1.36 bits per heavy atom. The average Bonchev–Trinajstić information content (AvgIpc) is 2.85. The lowest BCUT2D eigenvalue weighted by atomic mass is 10.0. The van der Waals surface area contributed by atoms with Crippen molar-refractivity contribution in [1.29, 1.82) is 0 Å². The van der Waals surface area contributed by atoms with E-state index in [9.17, 15) is 14.9 Å². The lowest BCUT2D eigenvalue weighted by Gasteiger charge is -2.30. The molecule has 7 nitrogen and oxygen atoms in total. The van der Waals surface area contributed by atoms with E-state index in [4.69, 9.17) is 4.74 Å². The van der Waals surface area contributed by atoms with Gasteiger partial charge in [-0.3, -0.25) is 10.1 Å². The van der Waals surface area contributed by atoms with Gasteiger partial charge >= 0.3 is 6.09 Å². The molecule has 0 spiro atoms. The normalized spacial score (nSPS) is 14.5. The van der Waals surface area contributed by atoms with Crippen molar-refractivity contribution < 1.29 is 14.5 Å². The summed E-state index contributed by atoms with van der Waals surface area (Å²) in [6.45, 7) is 9.36. The van der Waals surface area contributed by atoms with Crippen molar-refractivity contribution in [3.8, 4) is 0 Å². The summed E-state index contributed by atoms with van der Waals surface area (Å²) in [5.41, 5.74) is 2.63. The molecule has 1 aromatic heterocycles. The quantitative estimate of drug-likeness (QED) is 0.611. The zero-order chi connectivity index (χ0) is 18.4. The van der Waals surface area contributed by atoms with Crippen LogP contribution in [0.3, 0.4) is 0 Å². The van der Waals surface area contributed by atoms with Crippen molar-refractivity contribution in [2.24, 2.45) is 0 Å². The van der Waals surface area contributed by atoms with E-state index in [-0.39, 0.29) is 16.7 Å². The number of hydrogen-bond acceptors (Lipinski definition) is 4. The van der Waals surface area contributed by atoms with E-state index in [2.05, 4.69) is 11.5 Å².